The Morgan fingerprint density at radius 3 is 2.91 bits per heavy atom. The van der Waals surface area contributed by atoms with E-state index in [-0.39, 0.29) is 24.0 Å². The molecule has 23 heavy (non-hydrogen) atoms. The number of benzene rings is 1. The highest BCUT2D eigenvalue weighted by Crippen LogP contribution is 2.18. The van der Waals surface area contributed by atoms with Crippen LogP contribution in [0.25, 0.3) is 0 Å². The van der Waals surface area contributed by atoms with Crippen LogP contribution in [0.2, 0.25) is 0 Å². The van der Waals surface area contributed by atoms with Crippen LogP contribution in [-0.4, -0.2) is 51.3 Å². The predicted molar refractivity (Wildman–Crippen MR) is 108 cm³/mol. The second kappa shape index (κ2) is 10.1. The van der Waals surface area contributed by atoms with Crippen molar-refractivity contribution >= 4 is 29.9 Å². The van der Waals surface area contributed by atoms with Crippen LogP contribution in [0.4, 0.5) is 0 Å². The summed E-state index contributed by atoms with van der Waals surface area (Å²) in [6.07, 6.45) is 1.18. The van der Waals surface area contributed by atoms with E-state index >= 15 is 0 Å². The van der Waals surface area contributed by atoms with Gasteiger partial charge in [0.25, 0.3) is 0 Å². The van der Waals surface area contributed by atoms with Crippen molar-refractivity contribution in [3.63, 3.8) is 0 Å². The summed E-state index contributed by atoms with van der Waals surface area (Å²) in [5, 5.41) is 3.53. The van der Waals surface area contributed by atoms with Crippen LogP contribution in [-0.2, 0) is 4.74 Å². The van der Waals surface area contributed by atoms with Gasteiger partial charge in [0.05, 0.1) is 6.61 Å². The summed E-state index contributed by atoms with van der Waals surface area (Å²) in [5.74, 6) is 2.10. The number of guanidine groups is 1. The zero-order valence-electron chi connectivity index (χ0n) is 14.7. The van der Waals surface area contributed by atoms with Crippen molar-refractivity contribution in [3.05, 3.63) is 35.4 Å². The number of hydrogen-bond acceptors (Lipinski definition) is 2. The molecule has 1 heterocycles. The van der Waals surface area contributed by atoms with Crippen molar-refractivity contribution in [3.8, 4) is 0 Å². The summed E-state index contributed by atoms with van der Waals surface area (Å²) < 4.78 is 5.27. The Kier molecular flexibility index (Phi) is 8.91. The summed E-state index contributed by atoms with van der Waals surface area (Å²) in [7, 11) is 3.64. The minimum absolute atomic E-state index is 0. The average molecular weight is 431 g/mol. The molecule has 0 radical (unpaired) electrons. The Bertz CT molecular complexity index is 507. The first-order valence-corrected chi connectivity index (χ1v) is 8.15. The molecule has 2 rings (SSSR count). The fourth-order valence-corrected chi connectivity index (χ4v) is 3.07. The van der Waals surface area contributed by atoms with Gasteiger partial charge in [0.15, 0.2) is 5.96 Å². The summed E-state index contributed by atoms with van der Waals surface area (Å²) in [6.45, 7) is 8.24. The van der Waals surface area contributed by atoms with Crippen LogP contribution in [0.15, 0.2) is 29.3 Å². The fourth-order valence-electron chi connectivity index (χ4n) is 3.07. The topological polar surface area (TPSA) is 36.9 Å². The molecular formula is C18H30IN3O. The predicted octanol–water partition coefficient (Wildman–Crippen LogP) is 3.26. The van der Waals surface area contributed by atoms with Gasteiger partial charge in [0, 0.05) is 39.7 Å². The number of nitrogens with zero attached hydrogens (tertiary/aromatic N) is 2. The number of methoxy groups -OCH3 is 1. The van der Waals surface area contributed by atoms with Crippen LogP contribution in [0.5, 0.6) is 0 Å². The highest BCUT2D eigenvalue weighted by molar-refractivity contribution is 14.0. The van der Waals surface area contributed by atoms with E-state index in [1.807, 2.05) is 7.05 Å². The van der Waals surface area contributed by atoms with Crippen molar-refractivity contribution in [1.82, 2.24) is 10.2 Å². The van der Waals surface area contributed by atoms with E-state index in [1.165, 1.54) is 17.5 Å². The van der Waals surface area contributed by atoms with E-state index in [0.717, 1.165) is 32.2 Å². The van der Waals surface area contributed by atoms with E-state index in [4.69, 9.17) is 4.74 Å². The third kappa shape index (κ3) is 5.95. The standard InChI is InChI=1S/C18H29N3O.HI/c1-14-6-5-7-17(10-14)15(2)11-20-18(19-3)21-9-8-16(12-21)13-22-4;/h5-7,10,15-16H,8-9,11-13H2,1-4H3,(H,19,20);1H. The largest absolute Gasteiger partial charge is 0.384 e. The van der Waals surface area contributed by atoms with E-state index in [0.29, 0.717) is 11.8 Å². The van der Waals surface area contributed by atoms with Crippen molar-refractivity contribution in [2.75, 3.05) is 40.4 Å². The lowest BCUT2D eigenvalue weighted by Crippen LogP contribution is -2.41. The number of aryl methyl sites for hydroxylation is 1. The summed E-state index contributed by atoms with van der Waals surface area (Å²) in [5.41, 5.74) is 2.69. The number of aliphatic imine (C=N–C) groups is 1. The molecule has 130 valence electrons. The molecule has 0 aliphatic carbocycles. The Morgan fingerprint density at radius 1 is 1.48 bits per heavy atom. The molecule has 1 aromatic carbocycles. The third-order valence-electron chi connectivity index (χ3n) is 4.38. The Balaban J connectivity index is 0.00000264. The van der Waals surface area contributed by atoms with Crippen LogP contribution in [0, 0.1) is 12.8 Å². The van der Waals surface area contributed by atoms with Crippen LogP contribution in [0.3, 0.4) is 0 Å². The van der Waals surface area contributed by atoms with Crippen LogP contribution < -0.4 is 5.32 Å². The maximum Gasteiger partial charge on any atom is 0.193 e. The van der Waals surface area contributed by atoms with Gasteiger partial charge in [-0.15, -0.1) is 24.0 Å². The molecule has 0 spiro atoms. The van der Waals surface area contributed by atoms with E-state index < -0.39 is 0 Å². The van der Waals surface area contributed by atoms with Gasteiger partial charge in [0.1, 0.15) is 0 Å². The van der Waals surface area contributed by atoms with Gasteiger partial charge in [0.2, 0.25) is 0 Å². The van der Waals surface area contributed by atoms with Crippen molar-refractivity contribution < 1.29 is 4.74 Å². The maximum absolute atomic E-state index is 5.27. The number of nitrogens with one attached hydrogen (secondary N) is 1. The number of halogens is 1. The molecule has 5 heteroatoms. The number of likely N-dealkylation sites (tertiary alicyclic amines) is 1. The molecular weight excluding hydrogens is 401 g/mol. The first-order valence-electron chi connectivity index (χ1n) is 8.15. The Hall–Kier alpha value is -0.820. The molecule has 1 aromatic rings. The lowest BCUT2D eigenvalue weighted by atomic mass is 9.99. The Morgan fingerprint density at radius 2 is 2.26 bits per heavy atom. The molecule has 0 aromatic heterocycles. The van der Waals surface area contributed by atoms with Gasteiger partial charge in [-0.2, -0.15) is 0 Å². The second-order valence-corrected chi connectivity index (χ2v) is 6.30. The van der Waals surface area contributed by atoms with Gasteiger partial charge in [-0.05, 0) is 24.8 Å². The molecule has 1 aliphatic rings. The van der Waals surface area contributed by atoms with Gasteiger partial charge < -0.3 is 15.0 Å². The number of ether oxygens (including phenoxy) is 1. The lowest BCUT2D eigenvalue weighted by Gasteiger charge is -2.23. The molecule has 4 nitrogen and oxygen atoms in total. The van der Waals surface area contributed by atoms with Gasteiger partial charge >= 0.3 is 0 Å². The molecule has 1 N–H and O–H groups in total. The maximum atomic E-state index is 5.27. The van der Waals surface area contributed by atoms with Gasteiger partial charge in [-0.1, -0.05) is 36.8 Å². The highest BCUT2D eigenvalue weighted by atomic mass is 127. The average Bonchev–Trinajstić information content (AvgIpc) is 2.96. The highest BCUT2D eigenvalue weighted by Gasteiger charge is 2.24. The summed E-state index contributed by atoms with van der Waals surface area (Å²) in [4.78, 5) is 6.78. The Labute approximate surface area is 157 Å². The molecule has 2 atom stereocenters. The summed E-state index contributed by atoms with van der Waals surface area (Å²) >= 11 is 0. The molecule has 0 amide bonds. The van der Waals surface area contributed by atoms with Crippen molar-refractivity contribution in [2.45, 2.75) is 26.2 Å². The van der Waals surface area contributed by atoms with E-state index in [1.54, 1.807) is 7.11 Å². The summed E-state index contributed by atoms with van der Waals surface area (Å²) in [6, 6.07) is 8.74. The first kappa shape index (κ1) is 20.2. The SMILES string of the molecule is CN=C(NCC(C)c1cccc(C)c1)N1CCC(COC)C1.I. The molecule has 1 fully saturated rings. The molecule has 0 saturated carbocycles. The smallest absolute Gasteiger partial charge is 0.193 e. The third-order valence-corrected chi connectivity index (χ3v) is 4.38. The van der Waals surface area contributed by atoms with Crippen LogP contribution in [0.1, 0.15) is 30.4 Å². The van der Waals surface area contributed by atoms with E-state index in [9.17, 15) is 0 Å². The zero-order valence-corrected chi connectivity index (χ0v) is 17.0. The van der Waals surface area contributed by atoms with Crippen LogP contribution >= 0.6 is 24.0 Å². The molecule has 1 saturated heterocycles. The quantitative estimate of drug-likeness (QED) is 0.442. The molecule has 2 unspecified atom stereocenters. The zero-order chi connectivity index (χ0) is 15.9. The molecule has 1 aliphatic heterocycles. The monoisotopic (exact) mass is 431 g/mol. The lowest BCUT2D eigenvalue weighted by molar-refractivity contribution is 0.157. The minimum atomic E-state index is 0. The van der Waals surface area contributed by atoms with Gasteiger partial charge in [-0.3, -0.25) is 4.99 Å². The minimum Gasteiger partial charge on any atom is -0.384 e. The first-order chi connectivity index (χ1) is 10.6. The fraction of sp³-hybridized carbons (Fsp3) is 0.611. The second-order valence-electron chi connectivity index (χ2n) is 6.30. The van der Waals surface area contributed by atoms with Gasteiger partial charge in [-0.25, -0.2) is 0 Å². The van der Waals surface area contributed by atoms with Crippen molar-refractivity contribution in [2.24, 2.45) is 10.9 Å². The van der Waals surface area contributed by atoms with E-state index in [2.05, 4.69) is 53.3 Å². The number of hydrogen-bond donors (Lipinski definition) is 1. The number of rotatable bonds is 5. The molecule has 0 bridgehead atoms. The van der Waals surface area contributed by atoms with Crippen molar-refractivity contribution in [1.29, 1.82) is 0 Å². The normalized spacial score (nSPS) is 19.4.